The number of benzene rings is 1. The second kappa shape index (κ2) is 24.1. The summed E-state index contributed by atoms with van der Waals surface area (Å²) in [6, 6.07) is 14.5. The maximum absolute atomic E-state index is 13.1. The summed E-state index contributed by atoms with van der Waals surface area (Å²) in [5.41, 5.74) is 5.21. The molecule has 2 aromatic heterocycles. The number of nitrogens with zero attached hydrogens (tertiary/aromatic N) is 4. The van der Waals surface area contributed by atoms with Crippen molar-refractivity contribution in [3.05, 3.63) is 60.0 Å². The van der Waals surface area contributed by atoms with Crippen molar-refractivity contribution < 1.29 is 42.9 Å². The van der Waals surface area contributed by atoms with Crippen LogP contribution < -0.4 is 5.73 Å². The molecular weight excluding hydrogens is 737 g/mol. The van der Waals surface area contributed by atoms with Gasteiger partial charge in [0.05, 0.1) is 31.6 Å². The third-order valence-electron chi connectivity index (χ3n) is 10.5. The Morgan fingerprint density at radius 2 is 1.52 bits per heavy atom. The predicted octanol–water partition coefficient (Wildman–Crippen LogP) is 7.54. The number of nitriles is 1. The van der Waals surface area contributed by atoms with Crippen molar-refractivity contribution in [2.24, 2.45) is 0 Å². The van der Waals surface area contributed by atoms with E-state index in [9.17, 15) is 24.9 Å². The molecule has 1 aliphatic heterocycles. The Morgan fingerprint density at radius 3 is 2.12 bits per heavy atom. The zero-order chi connectivity index (χ0) is 40.2. The summed E-state index contributed by atoms with van der Waals surface area (Å²) in [5, 5.41) is 36.1. The van der Waals surface area contributed by atoms with Gasteiger partial charge in [-0.2, -0.15) is 10.4 Å². The van der Waals surface area contributed by atoms with E-state index < -0.39 is 50.6 Å². The molecule has 3 aromatic rings. The van der Waals surface area contributed by atoms with Crippen molar-refractivity contribution in [2.75, 3.05) is 25.6 Å². The Hall–Kier alpha value is -2.96. The van der Waals surface area contributed by atoms with Gasteiger partial charge in [0.1, 0.15) is 42.3 Å². The third kappa shape index (κ3) is 13.9. The molecule has 0 bridgehead atoms. The topological polar surface area (TPSA) is 204 Å². The minimum absolute atomic E-state index is 0.0913. The van der Waals surface area contributed by atoms with Crippen LogP contribution in [0.15, 0.2) is 48.8 Å². The number of rotatable bonds is 29. The number of nitrogen functional groups attached to an aromatic ring is 1. The number of nitrogens with two attached hydrogens (primary N) is 1. The summed E-state index contributed by atoms with van der Waals surface area (Å²) >= 11 is 0. The first-order valence-electron chi connectivity index (χ1n) is 20.5. The van der Waals surface area contributed by atoms with Crippen LogP contribution in [0.3, 0.4) is 0 Å². The summed E-state index contributed by atoms with van der Waals surface area (Å²) < 4.78 is 43.0. The highest BCUT2D eigenvalue weighted by Crippen LogP contribution is 2.46. The quantitative estimate of drug-likeness (QED) is 0.0396. The SMILES string of the molecule is CCCCCCCCCCCCCCCCCCO[C@@H](C)[C@H](COP(=O)(O)OC[C@H]1O[C@@](C#N)(c2ccc3c(N)ncnn23)[C@H](O)[C@@H]1O)OCc1ccccc1. The van der Waals surface area contributed by atoms with Gasteiger partial charge in [-0.25, -0.2) is 14.1 Å². The van der Waals surface area contributed by atoms with E-state index in [4.69, 9.17) is 29.0 Å². The molecule has 0 radical (unpaired) electrons. The maximum Gasteiger partial charge on any atom is 0.472 e. The number of ether oxygens (including phenoxy) is 3. The second-order valence-corrected chi connectivity index (χ2v) is 16.3. The average Bonchev–Trinajstić information content (AvgIpc) is 3.75. The van der Waals surface area contributed by atoms with Crippen LogP contribution in [0.1, 0.15) is 128 Å². The Morgan fingerprint density at radius 1 is 0.911 bits per heavy atom. The largest absolute Gasteiger partial charge is 0.472 e. The normalized spacial score (nSPS) is 21.9. The van der Waals surface area contributed by atoms with Crippen molar-refractivity contribution in [2.45, 2.75) is 159 Å². The van der Waals surface area contributed by atoms with Crippen LogP contribution in [0.4, 0.5) is 5.82 Å². The van der Waals surface area contributed by atoms with E-state index in [0.717, 1.165) is 24.8 Å². The van der Waals surface area contributed by atoms with Crippen LogP contribution in [-0.4, -0.2) is 80.0 Å². The van der Waals surface area contributed by atoms with Crippen molar-refractivity contribution in [3.63, 3.8) is 0 Å². The van der Waals surface area contributed by atoms with Crippen molar-refractivity contribution in [3.8, 4) is 6.07 Å². The Balaban J connectivity index is 1.18. The Bertz CT molecular complexity index is 1640. The minimum Gasteiger partial charge on any atom is -0.387 e. The summed E-state index contributed by atoms with van der Waals surface area (Å²) in [6.45, 7) is 3.86. The molecule has 1 unspecified atom stereocenters. The van der Waals surface area contributed by atoms with Gasteiger partial charge in [-0.15, -0.1) is 0 Å². The van der Waals surface area contributed by atoms with Crippen molar-refractivity contribution >= 4 is 19.2 Å². The Kier molecular flexibility index (Phi) is 19.7. The molecule has 312 valence electrons. The summed E-state index contributed by atoms with van der Waals surface area (Å²) in [5.74, 6) is 0.136. The van der Waals surface area contributed by atoms with Gasteiger partial charge in [0.15, 0.2) is 5.82 Å². The minimum atomic E-state index is -4.74. The zero-order valence-electron chi connectivity index (χ0n) is 33.3. The summed E-state index contributed by atoms with van der Waals surface area (Å²) in [4.78, 5) is 14.6. The molecular formula is C41H64N5O9P. The molecule has 1 fully saturated rings. The molecule has 3 heterocycles. The van der Waals surface area contributed by atoms with Gasteiger partial charge in [0.2, 0.25) is 5.60 Å². The number of anilines is 1. The number of hydrogen-bond acceptors (Lipinski definition) is 12. The molecule has 4 rings (SSSR count). The first kappa shape index (κ1) is 45.7. The number of phosphoric ester groups is 1. The van der Waals surface area contributed by atoms with Crippen LogP contribution >= 0.6 is 7.82 Å². The molecule has 0 aliphatic carbocycles. The molecule has 0 amide bonds. The van der Waals surface area contributed by atoms with E-state index >= 15 is 0 Å². The highest BCUT2D eigenvalue weighted by molar-refractivity contribution is 7.47. The first-order valence-corrected chi connectivity index (χ1v) is 22.0. The van der Waals surface area contributed by atoms with E-state index in [0.29, 0.717) is 12.1 Å². The molecule has 5 N–H and O–H groups in total. The first-order chi connectivity index (χ1) is 27.1. The molecule has 56 heavy (non-hydrogen) atoms. The summed E-state index contributed by atoms with van der Waals surface area (Å²) in [6.07, 6.45) is 15.8. The molecule has 1 aromatic carbocycles. The number of phosphoric acid groups is 1. The highest BCUT2D eigenvalue weighted by atomic mass is 31.2. The molecule has 7 atom stereocenters. The maximum atomic E-state index is 13.1. The molecule has 0 spiro atoms. The van der Waals surface area contributed by atoms with Gasteiger partial charge in [-0.1, -0.05) is 134 Å². The Labute approximate surface area is 332 Å². The van der Waals surface area contributed by atoms with Crippen LogP contribution in [0, 0.1) is 11.3 Å². The van der Waals surface area contributed by atoms with Crippen LogP contribution in [-0.2, 0) is 40.0 Å². The van der Waals surface area contributed by atoms with E-state index in [1.165, 1.54) is 100 Å². The monoisotopic (exact) mass is 801 g/mol. The number of aromatic nitrogens is 3. The molecule has 14 nitrogen and oxygen atoms in total. The molecule has 1 saturated heterocycles. The van der Waals surface area contributed by atoms with E-state index in [-0.39, 0.29) is 24.7 Å². The third-order valence-corrected chi connectivity index (χ3v) is 11.5. The van der Waals surface area contributed by atoms with Crippen molar-refractivity contribution in [1.82, 2.24) is 14.6 Å². The fourth-order valence-electron chi connectivity index (χ4n) is 7.05. The van der Waals surface area contributed by atoms with E-state index in [1.807, 2.05) is 43.3 Å². The highest BCUT2D eigenvalue weighted by Gasteiger charge is 2.58. The molecule has 15 heteroatoms. The van der Waals surface area contributed by atoms with Gasteiger partial charge in [0, 0.05) is 6.61 Å². The summed E-state index contributed by atoms with van der Waals surface area (Å²) in [7, 11) is -4.74. The fraction of sp³-hybridized carbons (Fsp3) is 0.683. The smallest absolute Gasteiger partial charge is 0.387 e. The zero-order valence-corrected chi connectivity index (χ0v) is 34.1. The lowest BCUT2D eigenvalue weighted by Crippen LogP contribution is -2.41. The van der Waals surface area contributed by atoms with Gasteiger partial charge in [-0.05, 0) is 31.0 Å². The van der Waals surface area contributed by atoms with Crippen LogP contribution in [0.25, 0.3) is 5.52 Å². The van der Waals surface area contributed by atoms with Gasteiger partial charge < -0.3 is 35.1 Å². The second-order valence-electron chi connectivity index (χ2n) is 14.9. The van der Waals surface area contributed by atoms with Gasteiger partial charge in [0.25, 0.3) is 0 Å². The van der Waals surface area contributed by atoms with E-state index in [2.05, 4.69) is 17.0 Å². The van der Waals surface area contributed by atoms with Gasteiger partial charge >= 0.3 is 7.82 Å². The molecule has 0 saturated carbocycles. The number of hydrogen-bond donors (Lipinski definition) is 4. The number of aliphatic hydroxyl groups excluding tert-OH is 2. The van der Waals surface area contributed by atoms with Crippen molar-refractivity contribution in [1.29, 1.82) is 5.26 Å². The number of unbranched alkanes of at least 4 members (excludes halogenated alkanes) is 15. The van der Waals surface area contributed by atoms with Crippen LogP contribution in [0.2, 0.25) is 0 Å². The fourth-order valence-corrected chi connectivity index (χ4v) is 7.79. The average molecular weight is 802 g/mol. The van der Waals surface area contributed by atoms with E-state index in [1.54, 1.807) is 6.07 Å². The lowest BCUT2D eigenvalue weighted by molar-refractivity contribution is -0.0934. The molecule has 1 aliphatic rings. The standard InChI is InChI=1S/C41H64N5O9P/c1-3-4-5-6-7-8-9-10-11-12-13-14-15-16-17-21-26-51-32(2)35(52-27-33-22-19-18-20-23-33)28-53-56(49,50)54-29-36-38(47)39(48)41(30-42,55-36)37-25-24-34-40(43)44-31-45-46(34)37/h18-20,22-25,31-32,35-36,38-39,47-48H,3-17,21,26-29H2,1-2H3,(H,49,50)(H2,43,44,45)/t32-,35-,36+,38+,39+,41-/m0/s1. The van der Waals surface area contributed by atoms with Crippen LogP contribution in [0.5, 0.6) is 0 Å². The predicted molar refractivity (Wildman–Crippen MR) is 213 cm³/mol. The lowest BCUT2D eigenvalue weighted by atomic mass is 9.92. The number of aliphatic hydroxyl groups is 2. The lowest BCUT2D eigenvalue weighted by Gasteiger charge is -2.26. The van der Waals surface area contributed by atoms with Gasteiger partial charge in [-0.3, -0.25) is 9.05 Å². The number of fused-ring (bicyclic) bond motifs is 1.